The zero-order valence-corrected chi connectivity index (χ0v) is 18.5. The lowest BCUT2D eigenvalue weighted by Crippen LogP contribution is -2.38. The first-order chi connectivity index (χ1) is 14.2. The number of carbonyl (C=O) groups excluding carboxylic acids is 1. The third-order valence-electron chi connectivity index (χ3n) is 5.77. The predicted octanol–water partition coefficient (Wildman–Crippen LogP) is 2.81. The number of hydrogen-bond donors (Lipinski definition) is 2. The van der Waals surface area contributed by atoms with E-state index in [1.807, 2.05) is 25.1 Å². The number of amides is 1. The SMILES string of the molecule is COc1ccc(S(=O)(=O)Nc2cccc(CN3CCC(C(N)=O)CC3)c2)c(C)c1C. The standard InChI is InChI=1S/C22H29N3O4S/c1-15-16(2)21(8-7-20(15)29-3)30(27,28)24-19-6-4-5-17(13-19)14-25-11-9-18(10-12-25)22(23)26/h4-8,13,18,24H,9-12,14H2,1-3H3,(H2,23,26). The number of nitrogens with two attached hydrogens (primary N) is 1. The van der Waals surface area contributed by atoms with Gasteiger partial charge in [-0.3, -0.25) is 14.4 Å². The predicted molar refractivity (Wildman–Crippen MR) is 117 cm³/mol. The number of piperidine rings is 1. The van der Waals surface area contributed by atoms with Crippen molar-refractivity contribution in [2.45, 2.75) is 38.1 Å². The second-order valence-electron chi connectivity index (χ2n) is 7.77. The van der Waals surface area contributed by atoms with Crippen molar-refractivity contribution in [2.24, 2.45) is 11.7 Å². The Bertz CT molecular complexity index is 1030. The lowest BCUT2D eigenvalue weighted by atomic mass is 9.96. The molecule has 1 fully saturated rings. The van der Waals surface area contributed by atoms with Gasteiger partial charge in [0.05, 0.1) is 12.0 Å². The summed E-state index contributed by atoms with van der Waals surface area (Å²) in [6, 6.07) is 10.6. The summed E-state index contributed by atoms with van der Waals surface area (Å²) < 4.78 is 33.9. The van der Waals surface area contributed by atoms with Gasteiger partial charge in [-0.2, -0.15) is 0 Å². The highest BCUT2D eigenvalue weighted by Crippen LogP contribution is 2.28. The zero-order chi connectivity index (χ0) is 21.9. The van der Waals surface area contributed by atoms with E-state index in [0.717, 1.165) is 37.1 Å². The number of ether oxygens (including phenoxy) is 1. The molecule has 0 unspecified atom stereocenters. The first-order valence-electron chi connectivity index (χ1n) is 9.99. The third kappa shape index (κ3) is 4.94. The van der Waals surface area contributed by atoms with Crippen molar-refractivity contribution in [3.8, 4) is 5.75 Å². The fourth-order valence-corrected chi connectivity index (χ4v) is 5.21. The van der Waals surface area contributed by atoms with E-state index >= 15 is 0 Å². The summed E-state index contributed by atoms with van der Waals surface area (Å²) in [5, 5.41) is 0. The van der Waals surface area contributed by atoms with Crippen molar-refractivity contribution in [2.75, 3.05) is 24.9 Å². The van der Waals surface area contributed by atoms with Crippen molar-refractivity contribution in [3.05, 3.63) is 53.1 Å². The highest BCUT2D eigenvalue weighted by atomic mass is 32.2. The maximum atomic E-state index is 13.0. The fourth-order valence-electron chi connectivity index (χ4n) is 3.86. The van der Waals surface area contributed by atoms with Crippen LogP contribution in [0.15, 0.2) is 41.3 Å². The molecule has 1 heterocycles. The second-order valence-corrected chi connectivity index (χ2v) is 9.43. The van der Waals surface area contributed by atoms with Gasteiger partial charge in [0, 0.05) is 18.2 Å². The van der Waals surface area contributed by atoms with Crippen molar-refractivity contribution >= 4 is 21.6 Å². The van der Waals surface area contributed by atoms with Crippen LogP contribution in [0.3, 0.4) is 0 Å². The number of primary amides is 1. The molecular weight excluding hydrogens is 402 g/mol. The van der Waals surface area contributed by atoms with E-state index in [0.29, 0.717) is 23.5 Å². The van der Waals surface area contributed by atoms with Crippen LogP contribution in [0, 0.1) is 19.8 Å². The van der Waals surface area contributed by atoms with Crippen molar-refractivity contribution in [3.63, 3.8) is 0 Å². The maximum Gasteiger partial charge on any atom is 0.262 e. The minimum atomic E-state index is -3.73. The molecule has 0 saturated carbocycles. The highest BCUT2D eigenvalue weighted by Gasteiger charge is 2.23. The van der Waals surface area contributed by atoms with Crippen molar-refractivity contribution in [1.82, 2.24) is 4.90 Å². The molecular formula is C22H29N3O4S. The van der Waals surface area contributed by atoms with Gasteiger partial charge in [-0.15, -0.1) is 0 Å². The minimum Gasteiger partial charge on any atom is -0.496 e. The van der Waals surface area contributed by atoms with Gasteiger partial charge >= 0.3 is 0 Å². The van der Waals surface area contributed by atoms with E-state index in [1.54, 1.807) is 32.2 Å². The fraction of sp³-hybridized carbons (Fsp3) is 0.409. The van der Waals surface area contributed by atoms with Gasteiger partial charge < -0.3 is 10.5 Å². The molecule has 1 amide bonds. The summed E-state index contributed by atoms with van der Waals surface area (Å²) >= 11 is 0. The van der Waals surface area contributed by atoms with E-state index in [1.165, 1.54) is 0 Å². The Balaban J connectivity index is 1.72. The van der Waals surface area contributed by atoms with Gasteiger partial charge in [-0.25, -0.2) is 8.42 Å². The monoisotopic (exact) mass is 431 g/mol. The van der Waals surface area contributed by atoms with Crippen LogP contribution in [0.4, 0.5) is 5.69 Å². The van der Waals surface area contributed by atoms with E-state index in [-0.39, 0.29) is 16.7 Å². The Morgan fingerprint density at radius 1 is 1.17 bits per heavy atom. The zero-order valence-electron chi connectivity index (χ0n) is 17.6. The number of likely N-dealkylation sites (tertiary alicyclic amines) is 1. The largest absolute Gasteiger partial charge is 0.496 e. The van der Waals surface area contributed by atoms with Crippen LogP contribution < -0.4 is 15.2 Å². The summed E-state index contributed by atoms with van der Waals surface area (Å²) in [7, 11) is -2.16. The van der Waals surface area contributed by atoms with Crippen LogP contribution in [-0.2, 0) is 21.4 Å². The number of carbonyl (C=O) groups is 1. The van der Waals surface area contributed by atoms with Crippen LogP contribution in [0.25, 0.3) is 0 Å². The van der Waals surface area contributed by atoms with E-state index in [2.05, 4.69) is 9.62 Å². The van der Waals surface area contributed by atoms with Gasteiger partial charge in [-0.05, 0) is 80.7 Å². The summed E-state index contributed by atoms with van der Waals surface area (Å²) in [5.41, 5.74) is 8.39. The molecule has 7 nitrogen and oxygen atoms in total. The van der Waals surface area contributed by atoms with E-state index in [4.69, 9.17) is 10.5 Å². The van der Waals surface area contributed by atoms with Crippen molar-refractivity contribution in [1.29, 1.82) is 0 Å². The average Bonchev–Trinajstić information content (AvgIpc) is 2.70. The quantitative estimate of drug-likeness (QED) is 0.702. The maximum absolute atomic E-state index is 13.0. The molecule has 30 heavy (non-hydrogen) atoms. The highest BCUT2D eigenvalue weighted by molar-refractivity contribution is 7.92. The number of nitrogens with zero attached hydrogens (tertiary/aromatic N) is 1. The van der Waals surface area contributed by atoms with E-state index < -0.39 is 10.0 Å². The number of sulfonamides is 1. The normalized spacial score (nSPS) is 15.7. The summed E-state index contributed by atoms with van der Waals surface area (Å²) in [5.74, 6) is 0.388. The smallest absolute Gasteiger partial charge is 0.262 e. The van der Waals surface area contributed by atoms with Crippen LogP contribution >= 0.6 is 0 Å². The number of anilines is 1. The molecule has 0 bridgehead atoms. The molecule has 0 aromatic heterocycles. The van der Waals surface area contributed by atoms with Gasteiger partial charge in [0.2, 0.25) is 5.91 Å². The Hall–Kier alpha value is -2.58. The number of benzene rings is 2. The Labute approximate surface area is 178 Å². The number of rotatable bonds is 7. The molecule has 2 aromatic carbocycles. The van der Waals surface area contributed by atoms with Gasteiger partial charge in [0.25, 0.3) is 10.0 Å². The Morgan fingerprint density at radius 3 is 2.50 bits per heavy atom. The van der Waals surface area contributed by atoms with Gasteiger partial charge in [0.1, 0.15) is 5.75 Å². The first-order valence-corrected chi connectivity index (χ1v) is 11.5. The molecule has 162 valence electrons. The lowest BCUT2D eigenvalue weighted by Gasteiger charge is -2.30. The van der Waals surface area contributed by atoms with Crippen molar-refractivity contribution < 1.29 is 17.9 Å². The molecule has 0 aliphatic carbocycles. The number of nitrogens with one attached hydrogen (secondary N) is 1. The molecule has 3 rings (SSSR count). The van der Waals surface area contributed by atoms with Crippen LogP contribution in [0.1, 0.15) is 29.5 Å². The third-order valence-corrected chi connectivity index (χ3v) is 7.30. The van der Waals surface area contributed by atoms with Gasteiger partial charge in [-0.1, -0.05) is 12.1 Å². The molecule has 1 aliphatic heterocycles. The summed E-state index contributed by atoms with van der Waals surface area (Å²) in [6.07, 6.45) is 1.52. The Kier molecular flexibility index (Phi) is 6.67. The molecule has 8 heteroatoms. The summed E-state index contributed by atoms with van der Waals surface area (Å²) in [6.45, 7) is 5.91. The topological polar surface area (TPSA) is 102 Å². The minimum absolute atomic E-state index is 0.0458. The van der Waals surface area contributed by atoms with Gasteiger partial charge in [0.15, 0.2) is 0 Å². The molecule has 1 aliphatic rings. The molecule has 0 atom stereocenters. The van der Waals surface area contributed by atoms with Crippen LogP contribution in [-0.4, -0.2) is 39.4 Å². The molecule has 3 N–H and O–H groups in total. The second kappa shape index (κ2) is 9.06. The number of methoxy groups -OCH3 is 1. The molecule has 1 saturated heterocycles. The molecule has 0 radical (unpaired) electrons. The molecule has 2 aromatic rings. The van der Waals surface area contributed by atoms with Crippen LogP contribution in [0.5, 0.6) is 5.75 Å². The van der Waals surface area contributed by atoms with E-state index in [9.17, 15) is 13.2 Å². The van der Waals surface area contributed by atoms with Crippen LogP contribution in [0.2, 0.25) is 0 Å². The summed E-state index contributed by atoms with van der Waals surface area (Å²) in [4.78, 5) is 13.8. The average molecular weight is 432 g/mol. The molecule has 0 spiro atoms. The Morgan fingerprint density at radius 2 is 1.87 bits per heavy atom. The first kappa shape index (κ1) is 22.1. The lowest BCUT2D eigenvalue weighted by molar-refractivity contribution is -0.123. The number of hydrogen-bond acceptors (Lipinski definition) is 5.